The van der Waals surface area contributed by atoms with Crippen LogP contribution in [0.5, 0.6) is 0 Å². The summed E-state index contributed by atoms with van der Waals surface area (Å²) in [6, 6.07) is 13.5. The summed E-state index contributed by atoms with van der Waals surface area (Å²) >= 11 is 0. The predicted molar refractivity (Wildman–Crippen MR) is 158 cm³/mol. The third kappa shape index (κ3) is 5.83. The number of carbonyl (C=O) groups is 3. The lowest BCUT2D eigenvalue weighted by Gasteiger charge is -2.40. The van der Waals surface area contributed by atoms with Gasteiger partial charge in [-0.25, -0.2) is 4.39 Å². The van der Waals surface area contributed by atoms with Gasteiger partial charge in [-0.3, -0.25) is 24.6 Å². The van der Waals surface area contributed by atoms with Gasteiger partial charge in [0.05, 0.1) is 35.9 Å². The van der Waals surface area contributed by atoms with E-state index >= 15 is 0 Å². The van der Waals surface area contributed by atoms with Gasteiger partial charge in [0.25, 0.3) is 0 Å². The highest BCUT2D eigenvalue weighted by Gasteiger charge is 2.45. The average Bonchev–Trinajstić information content (AvgIpc) is 3.37. The first-order valence-electron chi connectivity index (χ1n) is 14.9. The number of hydrogen-bond donors (Lipinski definition) is 2. The quantitative estimate of drug-likeness (QED) is 0.444. The maximum Gasteiger partial charge on any atom is 0.249 e. The van der Waals surface area contributed by atoms with Crippen LogP contribution in [0, 0.1) is 23.1 Å². The highest BCUT2D eigenvalue weighted by molar-refractivity contribution is 6.02. The van der Waals surface area contributed by atoms with Crippen LogP contribution in [0.4, 0.5) is 10.1 Å². The van der Waals surface area contributed by atoms with E-state index in [1.165, 1.54) is 6.07 Å². The molecule has 3 aliphatic heterocycles. The van der Waals surface area contributed by atoms with Gasteiger partial charge >= 0.3 is 0 Å². The lowest BCUT2D eigenvalue weighted by atomic mass is 9.93. The van der Waals surface area contributed by atoms with Crippen molar-refractivity contribution in [3.63, 3.8) is 0 Å². The van der Waals surface area contributed by atoms with E-state index in [4.69, 9.17) is 10.00 Å². The SMILES string of the molecule is N#Cc1ccc(N2CCN(C(CO)c3ccc(COC4=C5CN([C@H]6CCC(=O)NC6=O)C(=O)C5CC=C4)cc3)CC2)c(F)c1. The number of likely N-dealkylation sites (tertiary alicyclic amines) is 1. The molecule has 4 aliphatic rings. The lowest BCUT2D eigenvalue weighted by molar-refractivity contribution is -0.144. The molecule has 228 valence electrons. The number of nitrogens with zero attached hydrogens (tertiary/aromatic N) is 4. The molecule has 2 aromatic rings. The van der Waals surface area contributed by atoms with Gasteiger partial charge in [0.1, 0.15) is 24.2 Å². The van der Waals surface area contributed by atoms with E-state index in [1.54, 1.807) is 17.0 Å². The Morgan fingerprint density at radius 1 is 1.09 bits per heavy atom. The number of benzene rings is 2. The van der Waals surface area contributed by atoms with Gasteiger partial charge in [-0.05, 0) is 48.2 Å². The zero-order chi connectivity index (χ0) is 30.8. The summed E-state index contributed by atoms with van der Waals surface area (Å²) in [5.41, 5.74) is 3.53. The molecule has 10 nitrogen and oxygen atoms in total. The zero-order valence-corrected chi connectivity index (χ0v) is 24.2. The van der Waals surface area contributed by atoms with Crippen molar-refractivity contribution in [3.05, 3.63) is 88.5 Å². The maximum absolute atomic E-state index is 14.5. The fraction of sp³-hybridized carbons (Fsp3) is 0.394. The van der Waals surface area contributed by atoms with Crippen LogP contribution in [0.1, 0.15) is 42.0 Å². The lowest BCUT2D eigenvalue weighted by Crippen LogP contribution is -2.53. The Morgan fingerprint density at radius 3 is 2.55 bits per heavy atom. The minimum absolute atomic E-state index is 0.0544. The van der Waals surface area contributed by atoms with Gasteiger partial charge in [-0.2, -0.15) is 5.26 Å². The number of halogens is 1. The fourth-order valence-electron chi connectivity index (χ4n) is 6.55. The van der Waals surface area contributed by atoms with E-state index < -0.39 is 17.8 Å². The first kappa shape index (κ1) is 29.5. The molecule has 2 N–H and O–H groups in total. The van der Waals surface area contributed by atoms with Crippen molar-refractivity contribution in [2.75, 3.05) is 44.2 Å². The molecule has 3 saturated heterocycles. The van der Waals surface area contributed by atoms with Crippen molar-refractivity contribution in [2.24, 2.45) is 5.92 Å². The number of piperidine rings is 1. The molecular weight excluding hydrogens is 565 g/mol. The molecule has 1 aliphatic carbocycles. The number of aliphatic hydroxyl groups excluding tert-OH is 1. The Balaban J connectivity index is 1.06. The topological polar surface area (TPSA) is 126 Å². The van der Waals surface area contributed by atoms with Gasteiger partial charge in [0, 0.05) is 44.7 Å². The zero-order valence-electron chi connectivity index (χ0n) is 24.2. The van der Waals surface area contributed by atoms with E-state index in [0.29, 0.717) is 69.2 Å². The van der Waals surface area contributed by atoms with E-state index in [-0.39, 0.29) is 36.8 Å². The largest absolute Gasteiger partial charge is 0.489 e. The summed E-state index contributed by atoms with van der Waals surface area (Å²) < 4.78 is 20.7. The van der Waals surface area contributed by atoms with Crippen molar-refractivity contribution >= 4 is 23.4 Å². The highest BCUT2D eigenvalue weighted by atomic mass is 19.1. The Morgan fingerprint density at radius 2 is 1.86 bits per heavy atom. The second kappa shape index (κ2) is 12.6. The average molecular weight is 600 g/mol. The number of fused-ring (bicyclic) bond motifs is 1. The normalized spacial score (nSPS) is 23.0. The number of ether oxygens (including phenoxy) is 1. The molecule has 6 rings (SSSR count). The molecule has 3 heterocycles. The van der Waals surface area contributed by atoms with Crippen molar-refractivity contribution in [3.8, 4) is 6.07 Å². The number of nitrogens with one attached hydrogen (secondary N) is 1. The van der Waals surface area contributed by atoms with Crippen LogP contribution in [0.15, 0.2) is 65.9 Å². The van der Waals surface area contributed by atoms with E-state index in [2.05, 4.69) is 10.2 Å². The summed E-state index contributed by atoms with van der Waals surface area (Å²) in [7, 11) is 0. The standard InChI is InChI=1S/C33H34FN5O5/c34-26-16-22(17-35)6-9-27(26)37-12-14-38(15-13-37)29(19-40)23-7-4-21(5-8-23)20-44-30-3-1-2-24-25(30)18-39(33(24)43)28-10-11-31(41)36-32(28)42/h1,3-9,16,24,28-29,40H,2,10-15,18-20H2,(H,36,41,42)/t24?,28-,29?/m0/s1. The van der Waals surface area contributed by atoms with E-state index in [0.717, 1.165) is 16.7 Å². The maximum atomic E-state index is 14.5. The molecule has 3 atom stereocenters. The van der Waals surface area contributed by atoms with Crippen molar-refractivity contribution in [1.82, 2.24) is 15.1 Å². The van der Waals surface area contributed by atoms with Crippen LogP contribution < -0.4 is 10.2 Å². The van der Waals surface area contributed by atoms with Crippen molar-refractivity contribution in [1.29, 1.82) is 5.26 Å². The van der Waals surface area contributed by atoms with Crippen LogP contribution in [0.2, 0.25) is 0 Å². The van der Waals surface area contributed by atoms with Gasteiger partial charge in [-0.15, -0.1) is 0 Å². The number of imide groups is 1. The molecule has 0 aromatic heterocycles. The summed E-state index contributed by atoms with van der Waals surface area (Å²) in [6.07, 6.45) is 4.89. The molecule has 2 aromatic carbocycles. The minimum atomic E-state index is -0.647. The Bertz CT molecular complexity index is 1560. The number of aliphatic hydroxyl groups is 1. The van der Waals surface area contributed by atoms with Gasteiger partial charge < -0.3 is 19.6 Å². The number of hydrogen-bond acceptors (Lipinski definition) is 8. The highest BCUT2D eigenvalue weighted by Crippen LogP contribution is 2.36. The number of nitriles is 1. The Hall–Kier alpha value is -4.53. The van der Waals surface area contributed by atoms with Crippen molar-refractivity contribution < 1.29 is 28.6 Å². The number of rotatable bonds is 8. The second-order valence-corrected chi connectivity index (χ2v) is 11.5. The summed E-state index contributed by atoms with van der Waals surface area (Å²) in [5.74, 6) is -0.971. The number of piperazine rings is 1. The van der Waals surface area contributed by atoms with Crippen molar-refractivity contribution in [2.45, 2.75) is 38.0 Å². The van der Waals surface area contributed by atoms with E-state index in [9.17, 15) is 23.9 Å². The van der Waals surface area contributed by atoms with Gasteiger partial charge in [0.2, 0.25) is 17.7 Å². The Labute approximate surface area is 255 Å². The molecule has 2 unspecified atom stereocenters. The first-order valence-corrected chi connectivity index (χ1v) is 14.9. The van der Waals surface area contributed by atoms with Gasteiger partial charge in [0.15, 0.2) is 0 Å². The monoisotopic (exact) mass is 599 g/mol. The molecule has 3 amide bonds. The summed E-state index contributed by atoms with van der Waals surface area (Å²) in [4.78, 5) is 42.9. The third-order valence-electron chi connectivity index (χ3n) is 8.99. The van der Waals surface area contributed by atoms with E-state index in [1.807, 2.05) is 47.4 Å². The van der Waals surface area contributed by atoms with Crippen LogP contribution >= 0.6 is 0 Å². The molecular formula is C33H34FN5O5. The second-order valence-electron chi connectivity index (χ2n) is 11.5. The molecule has 0 bridgehead atoms. The summed E-state index contributed by atoms with van der Waals surface area (Å²) in [6.45, 7) is 3.03. The van der Waals surface area contributed by atoms with Crippen LogP contribution in [0.25, 0.3) is 0 Å². The Kier molecular flexibility index (Phi) is 8.46. The van der Waals surface area contributed by atoms with Crippen LogP contribution in [-0.2, 0) is 25.7 Å². The molecule has 44 heavy (non-hydrogen) atoms. The number of allylic oxidation sites excluding steroid dienone is 2. The number of anilines is 1. The third-order valence-corrected chi connectivity index (χ3v) is 8.99. The number of carbonyl (C=O) groups excluding carboxylic acids is 3. The number of amides is 3. The van der Waals surface area contributed by atoms with Crippen LogP contribution in [0.3, 0.4) is 0 Å². The smallest absolute Gasteiger partial charge is 0.249 e. The molecule has 0 radical (unpaired) electrons. The molecule has 0 saturated carbocycles. The molecule has 0 spiro atoms. The fourth-order valence-corrected chi connectivity index (χ4v) is 6.55. The molecule has 3 fully saturated rings. The minimum Gasteiger partial charge on any atom is -0.489 e. The predicted octanol–water partition coefficient (Wildman–Crippen LogP) is 2.55. The van der Waals surface area contributed by atoms with Crippen LogP contribution in [-0.4, -0.2) is 78.0 Å². The summed E-state index contributed by atoms with van der Waals surface area (Å²) in [5, 5.41) is 21.6. The first-order chi connectivity index (χ1) is 21.4. The molecule has 11 heteroatoms. The van der Waals surface area contributed by atoms with Gasteiger partial charge in [-0.1, -0.05) is 30.3 Å².